The zero-order chi connectivity index (χ0) is 44.6. The number of nitrogens with one attached hydrogen (secondary N) is 3. The summed E-state index contributed by atoms with van der Waals surface area (Å²) < 4.78 is 16.8. The van der Waals surface area contributed by atoms with E-state index in [1.807, 2.05) is 47.3 Å². The van der Waals surface area contributed by atoms with E-state index < -0.39 is 24.3 Å². The van der Waals surface area contributed by atoms with Crippen molar-refractivity contribution in [3.8, 4) is 22.4 Å². The van der Waals surface area contributed by atoms with Gasteiger partial charge in [0.2, 0.25) is 11.8 Å². The first-order valence-electron chi connectivity index (χ1n) is 21.6. The Hall–Kier alpha value is -7.07. The highest BCUT2D eigenvalue weighted by atomic mass is 16.5. The number of hydrogen-bond acceptors (Lipinski definition) is 10. The molecule has 0 bridgehead atoms. The lowest BCUT2D eigenvalue weighted by Crippen LogP contribution is -2.53. The lowest BCUT2D eigenvalue weighted by molar-refractivity contribution is -0.135. The van der Waals surface area contributed by atoms with Gasteiger partial charge in [-0.25, -0.2) is 19.6 Å². The maximum atomic E-state index is 14.1. The van der Waals surface area contributed by atoms with Gasteiger partial charge in [-0.15, -0.1) is 0 Å². The molecule has 5 aromatic rings. The van der Waals surface area contributed by atoms with Gasteiger partial charge in [-0.1, -0.05) is 78.9 Å². The van der Waals surface area contributed by atoms with Crippen molar-refractivity contribution in [1.82, 2.24) is 40.0 Å². The van der Waals surface area contributed by atoms with E-state index in [1.165, 1.54) is 21.3 Å². The number of allylic oxidation sites excluding steroid dienone is 1. The third-order valence-corrected chi connectivity index (χ3v) is 12.1. The van der Waals surface area contributed by atoms with E-state index in [4.69, 9.17) is 24.2 Å². The second kappa shape index (κ2) is 20.0. The molecule has 4 atom stereocenters. The zero-order valence-electron chi connectivity index (χ0n) is 36.2. The Morgan fingerprint density at radius 3 is 2.03 bits per heavy atom. The summed E-state index contributed by atoms with van der Waals surface area (Å²) in [5, 5.41) is 5.35. The number of nitrogens with zero attached hydrogens (tertiary/aromatic N) is 6. The maximum absolute atomic E-state index is 14.1. The van der Waals surface area contributed by atoms with Crippen LogP contribution >= 0.6 is 0 Å². The smallest absolute Gasteiger partial charge is 0.407 e. The van der Waals surface area contributed by atoms with Crippen molar-refractivity contribution in [3.05, 3.63) is 126 Å². The quantitative estimate of drug-likeness (QED) is 0.111. The summed E-state index contributed by atoms with van der Waals surface area (Å²) in [5.74, 6) is 0.264. The van der Waals surface area contributed by atoms with Crippen molar-refractivity contribution < 1.29 is 33.4 Å². The lowest BCUT2D eigenvalue weighted by Gasteiger charge is -2.29. The molecule has 3 aliphatic rings. The van der Waals surface area contributed by atoms with Crippen molar-refractivity contribution in [2.75, 3.05) is 41.0 Å². The molecule has 2 aromatic heterocycles. The Kier molecular flexibility index (Phi) is 13.6. The molecule has 5 heterocycles. The van der Waals surface area contributed by atoms with E-state index in [-0.39, 0.29) is 36.9 Å². The van der Waals surface area contributed by atoms with E-state index >= 15 is 0 Å². The Bertz CT molecular complexity index is 2500. The van der Waals surface area contributed by atoms with Gasteiger partial charge < -0.3 is 44.2 Å². The predicted octanol–water partition coefficient (Wildman–Crippen LogP) is 6.17. The summed E-state index contributed by atoms with van der Waals surface area (Å²) in [5.41, 5.74) is 8.81. The highest BCUT2D eigenvalue weighted by Gasteiger charge is 2.39. The summed E-state index contributed by atoms with van der Waals surface area (Å²) in [7, 11) is 4.04. The van der Waals surface area contributed by atoms with Crippen molar-refractivity contribution in [3.63, 3.8) is 0 Å². The van der Waals surface area contributed by atoms with Crippen LogP contribution in [0.25, 0.3) is 28.0 Å². The second-order valence-electron chi connectivity index (χ2n) is 16.2. The van der Waals surface area contributed by atoms with Crippen molar-refractivity contribution in [1.29, 1.82) is 0 Å². The second-order valence-corrected chi connectivity index (χ2v) is 16.2. The number of likely N-dealkylation sites (tertiary alicyclic amines) is 2. The topological polar surface area (TPSA) is 185 Å². The van der Waals surface area contributed by atoms with Crippen LogP contribution in [0.4, 0.5) is 9.59 Å². The van der Waals surface area contributed by atoms with Gasteiger partial charge in [0.25, 0.3) is 0 Å². The standard InChI is InChI=1S/C48H53N9O7/c1-62-29-41(54-48(61)64-3)46(59)56-21-7-11-42(56)38-23-36(25-49-38)34-15-13-32(14-16-34)33-17-19-35(20-18-33)40-26-50-44(52-40)43-12-8-22-57(43)45(58)39(53-47(60)63-2)24-37-28-55(30-51-37)27-31-9-5-4-6-10-31/h4-6,9-10,13-20,25-26,28,30,39,41-43H,7-8,11-12,21-24,27,29H2,1-3H3,(H,50,52)(H,53,60)(H,54,61)/t39-,41-,42-,43-/m0/s1. The fourth-order valence-electron chi connectivity index (χ4n) is 8.84. The van der Waals surface area contributed by atoms with E-state index in [9.17, 15) is 19.2 Å². The lowest BCUT2D eigenvalue weighted by atomic mass is 9.96. The SMILES string of the molecule is COC[C@H](NC(=O)OC)C(=O)N1CCC[C@H]1C1=NC=C(c2ccc(-c3ccc(-c4cnc([C@@H]5CCCN5C(=O)[C@H](Cc5cn(Cc6ccccc6)cn5)NC(=O)OC)[nH]4)cc3)cc2)C1. The maximum Gasteiger partial charge on any atom is 0.407 e. The number of benzene rings is 3. The summed E-state index contributed by atoms with van der Waals surface area (Å²) >= 11 is 0. The Morgan fingerprint density at radius 1 is 0.750 bits per heavy atom. The molecule has 16 nitrogen and oxygen atoms in total. The molecule has 0 spiro atoms. The number of rotatable bonds is 15. The number of H-pyrrole nitrogens is 1. The van der Waals surface area contributed by atoms with Gasteiger partial charge in [0.05, 0.1) is 56.8 Å². The molecule has 0 aliphatic carbocycles. The first-order valence-corrected chi connectivity index (χ1v) is 21.6. The number of aliphatic imine (C=N–C) groups is 1. The first kappa shape index (κ1) is 43.6. The van der Waals surface area contributed by atoms with Crippen LogP contribution in [0.1, 0.15) is 60.8 Å². The molecule has 16 heteroatoms. The van der Waals surface area contributed by atoms with Gasteiger partial charge in [0.15, 0.2) is 0 Å². The van der Waals surface area contributed by atoms with Gasteiger partial charge in [0, 0.05) is 57.7 Å². The summed E-state index contributed by atoms with van der Waals surface area (Å²) in [4.78, 5) is 73.1. The average molecular weight is 868 g/mol. The van der Waals surface area contributed by atoms with Crippen LogP contribution in [-0.4, -0.2) is 118 Å². The van der Waals surface area contributed by atoms with Crippen molar-refractivity contribution >= 4 is 35.3 Å². The minimum absolute atomic E-state index is 0.0433. The first-order chi connectivity index (χ1) is 31.2. The van der Waals surface area contributed by atoms with Crippen LogP contribution in [0, 0.1) is 0 Å². The Balaban J connectivity index is 0.882. The molecule has 3 aromatic carbocycles. The number of amides is 4. The molecule has 8 rings (SSSR count). The van der Waals surface area contributed by atoms with E-state index in [0.717, 1.165) is 70.5 Å². The van der Waals surface area contributed by atoms with Gasteiger partial charge >= 0.3 is 12.2 Å². The minimum atomic E-state index is -0.871. The normalized spacial score (nSPS) is 18.0. The van der Waals surface area contributed by atoms with Crippen molar-refractivity contribution in [2.24, 2.45) is 4.99 Å². The number of alkyl carbamates (subject to hydrolysis) is 2. The average Bonchev–Trinajstić information content (AvgIpc) is 4.19. The van der Waals surface area contributed by atoms with Crippen LogP contribution in [0.5, 0.6) is 0 Å². The van der Waals surface area contributed by atoms with Crippen molar-refractivity contribution in [2.45, 2.75) is 69.2 Å². The highest BCUT2D eigenvalue weighted by Crippen LogP contribution is 2.34. The number of carbonyl (C=O) groups is 4. The number of hydrogen-bond donors (Lipinski definition) is 3. The molecular formula is C48H53N9O7. The number of ether oxygens (including phenoxy) is 3. The minimum Gasteiger partial charge on any atom is -0.453 e. The molecule has 2 fully saturated rings. The van der Waals surface area contributed by atoms with Crippen LogP contribution in [0.2, 0.25) is 0 Å². The zero-order valence-corrected chi connectivity index (χ0v) is 36.2. The predicted molar refractivity (Wildman–Crippen MR) is 240 cm³/mol. The van der Waals surface area contributed by atoms with Gasteiger partial charge in [-0.05, 0) is 59.1 Å². The molecule has 332 valence electrons. The Morgan fingerprint density at radius 2 is 1.36 bits per heavy atom. The number of carbonyl (C=O) groups excluding carboxylic acids is 4. The number of imidazole rings is 2. The molecular weight excluding hydrogens is 815 g/mol. The Labute approximate surface area is 371 Å². The van der Waals surface area contributed by atoms with E-state index in [0.29, 0.717) is 37.6 Å². The number of aromatic amines is 1. The molecule has 4 amide bonds. The molecule has 64 heavy (non-hydrogen) atoms. The van der Waals surface area contributed by atoms with Gasteiger partial charge in [-0.2, -0.15) is 0 Å². The van der Waals surface area contributed by atoms with Crippen LogP contribution < -0.4 is 10.6 Å². The van der Waals surface area contributed by atoms with Crippen LogP contribution in [-0.2, 0) is 36.8 Å². The van der Waals surface area contributed by atoms with Gasteiger partial charge in [-0.3, -0.25) is 14.6 Å². The summed E-state index contributed by atoms with van der Waals surface area (Å²) in [6, 6.07) is 24.6. The fourth-order valence-corrected chi connectivity index (χ4v) is 8.84. The third-order valence-electron chi connectivity index (χ3n) is 12.1. The molecule has 0 radical (unpaired) electrons. The molecule has 0 unspecified atom stereocenters. The fraction of sp³-hybridized carbons (Fsp3) is 0.354. The van der Waals surface area contributed by atoms with E-state index in [1.54, 1.807) is 22.3 Å². The third kappa shape index (κ3) is 9.92. The summed E-state index contributed by atoms with van der Waals surface area (Å²) in [6.07, 6.45) is 10.0. The van der Waals surface area contributed by atoms with Crippen LogP contribution in [0.15, 0.2) is 109 Å². The van der Waals surface area contributed by atoms with Crippen LogP contribution in [0.3, 0.4) is 0 Å². The van der Waals surface area contributed by atoms with E-state index in [2.05, 4.69) is 69.1 Å². The summed E-state index contributed by atoms with van der Waals surface area (Å²) in [6.45, 7) is 1.80. The number of methoxy groups -OCH3 is 3. The van der Waals surface area contributed by atoms with Gasteiger partial charge in [0.1, 0.15) is 17.9 Å². The largest absolute Gasteiger partial charge is 0.453 e. The monoisotopic (exact) mass is 867 g/mol. The highest BCUT2D eigenvalue weighted by molar-refractivity contribution is 6.04. The molecule has 0 saturated carbocycles. The molecule has 2 saturated heterocycles. The molecule has 3 aliphatic heterocycles. The number of aromatic nitrogens is 4. The molecule has 3 N–H and O–H groups in total.